The Bertz CT molecular complexity index is 528. The van der Waals surface area contributed by atoms with E-state index in [4.69, 9.17) is 0 Å². The molecule has 0 bridgehead atoms. The Kier molecular flexibility index (Phi) is 3.54. The predicted molar refractivity (Wildman–Crippen MR) is 70.9 cm³/mol. The molecule has 8 heteroatoms. The van der Waals surface area contributed by atoms with E-state index in [9.17, 15) is 13.6 Å². The maximum Gasteiger partial charge on any atom is 0.317 e. The van der Waals surface area contributed by atoms with Gasteiger partial charge in [0.2, 0.25) is 0 Å². The molecule has 0 radical (unpaired) electrons. The fourth-order valence-corrected chi connectivity index (χ4v) is 2.45. The molecule has 0 spiro atoms. The van der Waals surface area contributed by atoms with E-state index in [2.05, 4.69) is 20.5 Å². The molecule has 2 N–H and O–H groups in total. The number of hydrogen-bond acceptors (Lipinski definition) is 3. The summed E-state index contributed by atoms with van der Waals surface area (Å²) in [6, 6.07) is -0.332. The Hall–Kier alpha value is -1.73. The number of nitrogens with one attached hydrogen (secondary N) is 2. The minimum Gasteiger partial charge on any atom is -0.331 e. The van der Waals surface area contributed by atoms with Crippen LogP contribution in [0, 0.1) is 5.92 Å². The van der Waals surface area contributed by atoms with Gasteiger partial charge in [0.25, 0.3) is 5.92 Å². The number of nitrogens with zero attached hydrogens (tertiary/aromatic N) is 3. The average molecular weight is 299 g/mol. The Morgan fingerprint density at radius 3 is 2.95 bits per heavy atom. The van der Waals surface area contributed by atoms with E-state index in [1.165, 1.54) is 11.8 Å². The number of likely N-dealkylation sites (tertiary alicyclic amines) is 1. The van der Waals surface area contributed by atoms with Crippen LogP contribution in [0.25, 0.3) is 0 Å². The maximum atomic E-state index is 13.4. The van der Waals surface area contributed by atoms with Crippen LogP contribution in [0.2, 0.25) is 0 Å². The third-order valence-corrected chi connectivity index (χ3v) is 4.12. The molecule has 3 rings (SSSR count). The fraction of sp³-hybridized carbons (Fsp3) is 0.769. The molecular weight excluding hydrogens is 280 g/mol. The van der Waals surface area contributed by atoms with Crippen LogP contribution in [0.5, 0.6) is 0 Å². The molecule has 1 saturated heterocycles. The first-order valence-electron chi connectivity index (χ1n) is 7.27. The van der Waals surface area contributed by atoms with Gasteiger partial charge in [-0.1, -0.05) is 6.92 Å². The van der Waals surface area contributed by atoms with Gasteiger partial charge < -0.3 is 10.2 Å². The zero-order valence-corrected chi connectivity index (χ0v) is 11.9. The zero-order chi connectivity index (χ0) is 15.0. The van der Waals surface area contributed by atoms with E-state index in [-0.39, 0.29) is 32.1 Å². The van der Waals surface area contributed by atoms with Gasteiger partial charge in [-0.15, -0.1) is 0 Å². The molecule has 2 amide bonds. The van der Waals surface area contributed by atoms with Gasteiger partial charge in [-0.2, -0.15) is 5.10 Å². The first kappa shape index (κ1) is 14.2. The second kappa shape index (κ2) is 5.23. The quantitative estimate of drug-likeness (QED) is 0.895. The van der Waals surface area contributed by atoms with Gasteiger partial charge in [0.15, 0.2) is 5.82 Å². The number of carbonyl (C=O) groups excluding carboxylic acids is 1. The second-order valence-corrected chi connectivity index (χ2v) is 5.93. The monoisotopic (exact) mass is 299 g/mol. The van der Waals surface area contributed by atoms with E-state index >= 15 is 0 Å². The maximum absolute atomic E-state index is 13.4. The van der Waals surface area contributed by atoms with Crippen molar-refractivity contribution in [2.45, 2.75) is 44.6 Å². The molecular formula is C13H19F2N5O. The predicted octanol–water partition coefficient (Wildman–Crippen LogP) is 1.87. The van der Waals surface area contributed by atoms with E-state index in [0.29, 0.717) is 11.7 Å². The van der Waals surface area contributed by atoms with Crippen molar-refractivity contribution in [1.29, 1.82) is 0 Å². The van der Waals surface area contributed by atoms with Gasteiger partial charge in [0.05, 0.1) is 6.54 Å². The number of H-pyrrole nitrogens is 1. The normalized spacial score (nSPS) is 24.9. The summed E-state index contributed by atoms with van der Waals surface area (Å²) in [5.74, 6) is -1.65. The standard InChI is InChI=1S/C13H19F2N5O/c1-8-7-20(5-4-13(8,14)15)12(21)16-6-10-17-11(19-18-10)9-2-3-9/h8-9H,2-7H2,1H3,(H,16,21)(H,17,18,19). The number of halogens is 2. The molecule has 0 aromatic carbocycles. The molecule has 2 fully saturated rings. The Balaban J connectivity index is 1.49. The van der Waals surface area contributed by atoms with E-state index in [0.717, 1.165) is 18.7 Å². The SMILES string of the molecule is CC1CN(C(=O)NCc2nc(C3CC3)n[nH]2)CCC1(F)F. The molecule has 116 valence electrons. The summed E-state index contributed by atoms with van der Waals surface area (Å²) >= 11 is 0. The summed E-state index contributed by atoms with van der Waals surface area (Å²) < 4.78 is 26.8. The second-order valence-electron chi connectivity index (χ2n) is 5.93. The lowest BCUT2D eigenvalue weighted by atomic mass is 9.96. The number of amides is 2. The van der Waals surface area contributed by atoms with Crippen LogP contribution in [0.3, 0.4) is 0 Å². The largest absolute Gasteiger partial charge is 0.331 e. The van der Waals surface area contributed by atoms with Gasteiger partial charge in [-0.25, -0.2) is 18.6 Å². The Morgan fingerprint density at radius 1 is 1.52 bits per heavy atom. The average Bonchev–Trinajstić information content (AvgIpc) is 3.18. The molecule has 2 heterocycles. The lowest BCUT2D eigenvalue weighted by Gasteiger charge is -2.36. The van der Waals surface area contributed by atoms with E-state index < -0.39 is 11.8 Å². The van der Waals surface area contributed by atoms with Crippen LogP contribution in [0.4, 0.5) is 13.6 Å². The number of aromatic nitrogens is 3. The van der Waals surface area contributed by atoms with Crippen molar-refractivity contribution in [3.63, 3.8) is 0 Å². The van der Waals surface area contributed by atoms with Crippen molar-refractivity contribution in [2.75, 3.05) is 13.1 Å². The first-order chi connectivity index (χ1) is 9.95. The van der Waals surface area contributed by atoms with Crippen molar-refractivity contribution in [1.82, 2.24) is 25.4 Å². The lowest BCUT2D eigenvalue weighted by molar-refractivity contribution is -0.0906. The molecule has 1 aromatic rings. The van der Waals surface area contributed by atoms with Gasteiger partial charge in [0.1, 0.15) is 5.82 Å². The fourth-order valence-electron chi connectivity index (χ4n) is 2.45. The zero-order valence-electron chi connectivity index (χ0n) is 11.9. The highest BCUT2D eigenvalue weighted by Gasteiger charge is 2.42. The summed E-state index contributed by atoms with van der Waals surface area (Å²) in [5, 5.41) is 9.59. The van der Waals surface area contributed by atoms with Crippen molar-refractivity contribution in [3.8, 4) is 0 Å². The van der Waals surface area contributed by atoms with Gasteiger partial charge in [0, 0.05) is 31.3 Å². The smallest absolute Gasteiger partial charge is 0.317 e. The van der Waals surface area contributed by atoms with Crippen LogP contribution in [0.1, 0.15) is 43.8 Å². The first-order valence-corrected chi connectivity index (χ1v) is 7.27. The third-order valence-electron chi connectivity index (χ3n) is 4.12. The van der Waals surface area contributed by atoms with E-state index in [1.54, 1.807) is 0 Å². The van der Waals surface area contributed by atoms with Gasteiger partial charge >= 0.3 is 6.03 Å². The number of alkyl halides is 2. The summed E-state index contributed by atoms with van der Waals surface area (Å²) in [5.41, 5.74) is 0. The molecule has 1 aliphatic carbocycles. The number of carbonyl (C=O) groups is 1. The van der Waals surface area contributed by atoms with Crippen LogP contribution in [-0.4, -0.2) is 45.1 Å². The molecule has 1 saturated carbocycles. The highest BCUT2D eigenvalue weighted by Crippen LogP contribution is 2.37. The molecule has 21 heavy (non-hydrogen) atoms. The lowest BCUT2D eigenvalue weighted by Crippen LogP contribution is -2.51. The van der Waals surface area contributed by atoms with Crippen molar-refractivity contribution in [3.05, 3.63) is 11.6 Å². The molecule has 1 aromatic heterocycles. The molecule has 1 atom stereocenters. The van der Waals surface area contributed by atoms with Crippen LogP contribution in [0.15, 0.2) is 0 Å². The summed E-state index contributed by atoms with van der Waals surface area (Å²) in [6.07, 6.45) is 1.95. The number of urea groups is 1. The number of rotatable bonds is 3. The highest BCUT2D eigenvalue weighted by atomic mass is 19.3. The summed E-state index contributed by atoms with van der Waals surface area (Å²) in [7, 11) is 0. The van der Waals surface area contributed by atoms with E-state index in [1.807, 2.05) is 0 Å². The van der Waals surface area contributed by atoms with Crippen molar-refractivity contribution in [2.24, 2.45) is 5.92 Å². The minimum absolute atomic E-state index is 0.0720. The van der Waals surface area contributed by atoms with Crippen LogP contribution in [-0.2, 0) is 6.54 Å². The molecule has 1 aliphatic heterocycles. The molecule has 1 unspecified atom stereocenters. The Morgan fingerprint density at radius 2 is 2.29 bits per heavy atom. The highest BCUT2D eigenvalue weighted by molar-refractivity contribution is 5.74. The molecule has 2 aliphatic rings. The number of hydrogen-bond donors (Lipinski definition) is 2. The third kappa shape index (κ3) is 3.14. The number of piperidine rings is 1. The number of aromatic amines is 1. The van der Waals surface area contributed by atoms with Crippen molar-refractivity contribution >= 4 is 6.03 Å². The minimum atomic E-state index is -2.68. The van der Waals surface area contributed by atoms with Crippen LogP contribution < -0.4 is 5.32 Å². The summed E-state index contributed by atoms with van der Waals surface area (Å²) in [4.78, 5) is 17.7. The van der Waals surface area contributed by atoms with Gasteiger partial charge in [-0.05, 0) is 12.8 Å². The van der Waals surface area contributed by atoms with Gasteiger partial charge in [-0.3, -0.25) is 5.10 Å². The Labute approximate surface area is 121 Å². The van der Waals surface area contributed by atoms with Crippen LogP contribution >= 0.6 is 0 Å². The topological polar surface area (TPSA) is 73.9 Å². The molecule has 6 nitrogen and oxygen atoms in total. The van der Waals surface area contributed by atoms with Crippen molar-refractivity contribution < 1.29 is 13.6 Å². The summed E-state index contributed by atoms with van der Waals surface area (Å²) in [6.45, 7) is 1.85.